The van der Waals surface area contributed by atoms with E-state index in [0.29, 0.717) is 18.3 Å². The van der Waals surface area contributed by atoms with Crippen molar-refractivity contribution in [2.45, 2.75) is 64.4 Å². The summed E-state index contributed by atoms with van der Waals surface area (Å²) in [5.41, 5.74) is 2.81. The van der Waals surface area contributed by atoms with Gasteiger partial charge in [0.05, 0.1) is 5.60 Å². The lowest BCUT2D eigenvalue weighted by molar-refractivity contribution is -0.167. The van der Waals surface area contributed by atoms with Crippen molar-refractivity contribution in [2.24, 2.45) is 17.3 Å². The summed E-state index contributed by atoms with van der Waals surface area (Å²) in [5, 5.41) is 13.9. The van der Waals surface area contributed by atoms with Crippen molar-refractivity contribution in [3.63, 3.8) is 0 Å². The number of rotatable bonds is 3. The molecule has 4 aliphatic rings. The third kappa shape index (κ3) is 2.80. The molecule has 1 aromatic carbocycles. The molecule has 0 radical (unpaired) electrons. The Bertz CT molecular complexity index is 637. The van der Waals surface area contributed by atoms with Crippen molar-refractivity contribution < 1.29 is 9.90 Å². The number of benzene rings is 1. The highest BCUT2D eigenvalue weighted by atomic mass is 16.3. The molecule has 23 heavy (non-hydrogen) atoms. The molecule has 0 heterocycles. The number of amides is 1. The SMILES string of the molecule is Cc1ccc(NC(=O)CC23C[C@@H]4C[C@@H](CC(O)(C4)C2)C3)c(C)c1. The molecule has 4 saturated carbocycles. The molecule has 2 unspecified atom stereocenters. The average Bonchev–Trinajstić information content (AvgIpc) is 2.38. The summed E-state index contributed by atoms with van der Waals surface area (Å²) in [6.07, 6.45) is 6.85. The number of aryl methyl sites for hydroxylation is 2. The van der Waals surface area contributed by atoms with Crippen LogP contribution in [0.5, 0.6) is 0 Å². The minimum atomic E-state index is -0.482. The van der Waals surface area contributed by atoms with Crippen LogP contribution >= 0.6 is 0 Å². The second kappa shape index (κ2) is 5.07. The van der Waals surface area contributed by atoms with Crippen LogP contribution in [-0.2, 0) is 4.79 Å². The molecule has 5 rings (SSSR count). The van der Waals surface area contributed by atoms with E-state index >= 15 is 0 Å². The Kier molecular flexibility index (Phi) is 3.35. The third-order valence-corrected chi connectivity index (χ3v) is 6.34. The first kappa shape index (κ1) is 15.2. The van der Waals surface area contributed by atoms with Gasteiger partial charge in [-0.2, -0.15) is 0 Å². The fourth-order valence-corrected chi connectivity index (χ4v) is 6.10. The molecular formula is C20H27NO2. The third-order valence-electron chi connectivity index (χ3n) is 6.34. The van der Waals surface area contributed by atoms with Crippen molar-refractivity contribution in [1.29, 1.82) is 0 Å². The summed E-state index contributed by atoms with van der Waals surface area (Å²) in [6.45, 7) is 4.10. The lowest BCUT2D eigenvalue weighted by atomic mass is 9.47. The normalized spacial score (nSPS) is 37.9. The second-order valence-corrected chi connectivity index (χ2v) is 8.73. The van der Waals surface area contributed by atoms with Crippen molar-refractivity contribution in [2.75, 3.05) is 5.32 Å². The van der Waals surface area contributed by atoms with Gasteiger partial charge in [-0.15, -0.1) is 0 Å². The van der Waals surface area contributed by atoms with Gasteiger partial charge in [0.2, 0.25) is 5.91 Å². The van der Waals surface area contributed by atoms with Crippen LogP contribution in [0.25, 0.3) is 0 Å². The van der Waals surface area contributed by atoms with Gasteiger partial charge >= 0.3 is 0 Å². The Balaban J connectivity index is 1.48. The van der Waals surface area contributed by atoms with Gasteiger partial charge in [-0.1, -0.05) is 17.7 Å². The number of anilines is 1. The van der Waals surface area contributed by atoms with E-state index in [9.17, 15) is 9.90 Å². The molecule has 1 aromatic rings. The largest absolute Gasteiger partial charge is 0.390 e. The van der Waals surface area contributed by atoms with Gasteiger partial charge in [0, 0.05) is 12.1 Å². The van der Waals surface area contributed by atoms with E-state index in [1.54, 1.807) is 0 Å². The Hall–Kier alpha value is -1.35. The first-order valence-electron chi connectivity index (χ1n) is 8.94. The van der Waals surface area contributed by atoms with Crippen LogP contribution in [0.2, 0.25) is 0 Å². The van der Waals surface area contributed by atoms with E-state index in [-0.39, 0.29) is 11.3 Å². The van der Waals surface area contributed by atoms with Gasteiger partial charge in [0.25, 0.3) is 0 Å². The highest BCUT2D eigenvalue weighted by molar-refractivity contribution is 5.92. The first-order valence-corrected chi connectivity index (χ1v) is 8.94. The number of aliphatic hydroxyl groups is 1. The maximum absolute atomic E-state index is 12.6. The van der Waals surface area contributed by atoms with E-state index in [4.69, 9.17) is 0 Å². The molecule has 2 N–H and O–H groups in total. The van der Waals surface area contributed by atoms with E-state index in [2.05, 4.69) is 18.3 Å². The Morgan fingerprint density at radius 1 is 1.22 bits per heavy atom. The van der Waals surface area contributed by atoms with Gasteiger partial charge in [0.15, 0.2) is 0 Å². The minimum absolute atomic E-state index is 0.0432. The van der Waals surface area contributed by atoms with E-state index in [1.165, 1.54) is 12.0 Å². The zero-order valence-corrected chi connectivity index (χ0v) is 14.2. The van der Waals surface area contributed by atoms with Crippen molar-refractivity contribution >= 4 is 11.6 Å². The maximum atomic E-state index is 12.6. The second-order valence-electron chi connectivity index (χ2n) is 8.73. The van der Waals surface area contributed by atoms with Crippen LogP contribution in [0, 0.1) is 31.1 Å². The lowest BCUT2D eigenvalue weighted by Crippen LogP contribution is -2.56. The summed E-state index contributed by atoms with van der Waals surface area (Å²) >= 11 is 0. The molecule has 4 bridgehead atoms. The monoisotopic (exact) mass is 313 g/mol. The summed E-state index contributed by atoms with van der Waals surface area (Å²) in [5.74, 6) is 1.38. The molecule has 1 amide bonds. The first-order chi connectivity index (χ1) is 10.8. The van der Waals surface area contributed by atoms with Crippen molar-refractivity contribution in [3.8, 4) is 0 Å². The topological polar surface area (TPSA) is 49.3 Å². The van der Waals surface area contributed by atoms with Crippen LogP contribution in [-0.4, -0.2) is 16.6 Å². The number of carbonyl (C=O) groups excluding carboxylic acids is 1. The van der Waals surface area contributed by atoms with Crippen LogP contribution in [0.3, 0.4) is 0 Å². The van der Waals surface area contributed by atoms with Gasteiger partial charge in [-0.05, 0) is 81.3 Å². The standard InChI is InChI=1S/C20H27NO2/c1-13-3-4-17(14(2)5-13)21-18(22)11-19-7-15-6-16(8-19)10-20(23,9-15)12-19/h3-5,15-16,23H,6-12H2,1-2H3,(H,21,22)/t15-,16+,19?,20?. The van der Waals surface area contributed by atoms with Crippen molar-refractivity contribution in [1.82, 2.24) is 0 Å². The predicted molar refractivity (Wildman–Crippen MR) is 91.2 cm³/mol. The van der Waals surface area contributed by atoms with Gasteiger partial charge in [0.1, 0.15) is 0 Å². The lowest BCUT2D eigenvalue weighted by Gasteiger charge is -2.60. The molecule has 0 aliphatic heterocycles. The maximum Gasteiger partial charge on any atom is 0.224 e. The molecule has 0 saturated heterocycles. The Labute approximate surface area is 138 Å². The molecule has 4 fully saturated rings. The quantitative estimate of drug-likeness (QED) is 0.887. The zero-order chi connectivity index (χ0) is 16.2. The summed E-state index contributed by atoms with van der Waals surface area (Å²) in [6, 6.07) is 6.13. The highest BCUT2D eigenvalue weighted by Crippen LogP contribution is 2.62. The van der Waals surface area contributed by atoms with E-state index in [1.807, 2.05) is 19.1 Å². The van der Waals surface area contributed by atoms with Crippen LogP contribution < -0.4 is 5.32 Å². The Morgan fingerprint density at radius 3 is 2.52 bits per heavy atom. The van der Waals surface area contributed by atoms with Crippen molar-refractivity contribution in [3.05, 3.63) is 29.3 Å². The fourth-order valence-electron chi connectivity index (χ4n) is 6.10. The molecule has 3 nitrogen and oxygen atoms in total. The van der Waals surface area contributed by atoms with Gasteiger partial charge in [-0.3, -0.25) is 4.79 Å². The highest BCUT2D eigenvalue weighted by Gasteiger charge is 2.57. The number of nitrogens with one attached hydrogen (secondary N) is 1. The van der Waals surface area contributed by atoms with E-state index < -0.39 is 5.60 Å². The molecule has 0 aromatic heterocycles. The predicted octanol–water partition coefficient (Wildman–Crippen LogP) is 3.96. The molecular weight excluding hydrogens is 286 g/mol. The van der Waals surface area contributed by atoms with Crippen LogP contribution in [0.4, 0.5) is 5.69 Å². The Morgan fingerprint density at radius 2 is 1.91 bits per heavy atom. The number of hydrogen-bond acceptors (Lipinski definition) is 2. The molecule has 124 valence electrons. The molecule has 4 atom stereocenters. The van der Waals surface area contributed by atoms with Crippen LogP contribution in [0.1, 0.15) is 56.1 Å². The molecule has 3 heteroatoms. The summed E-state index contributed by atoms with van der Waals surface area (Å²) < 4.78 is 0. The average molecular weight is 313 g/mol. The number of hydrogen-bond donors (Lipinski definition) is 2. The number of carbonyl (C=O) groups is 1. The zero-order valence-electron chi connectivity index (χ0n) is 14.2. The minimum Gasteiger partial charge on any atom is -0.390 e. The van der Waals surface area contributed by atoms with E-state index in [0.717, 1.165) is 43.4 Å². The smallest absolute Gasteiger partial charge is 0.224 e. The summed E-state index contributed by atoms with van der Waals surface area (Å²) in [7, 11) is 0. The fraction of sp³-hybridized carbons (Fsp3) is 0.650. The summed E-state index contributed by atoms with van der Waals surface area (Å²) in [4.78, 5) is 12.6. The molecule has 0 spiro atoms. The van der Waals surface area contributed by atoms with Gasteiger partial charge < -0.3 is 10.4 Å². The van der Waals surface area contributed by atoms with Crippen LogP contribution in [0.15, 0.2) is 18.2 Å². The molecule has 4 aliphatic carbocycles. The van der Waals surface area contributed by atoms with Gasteiger partial charge in [-0.25, -0.2) is 0 Å².